The topological polar surface area (TPSA) is 121 Å². The monoisotopic (exact) mass is 482 g/mol. The van der Waals surface area contributed by atoms with Crippen molar-refractivity contribution in [2.24, 2.45) is 11.5 Å². The highest BCUT2D eigenvalue weighted by molar-refractivity contribution is 5.90. The zero-order valence-corrected chi connectivity index (χ0v) is 20.6. The molecule has 1 aliphatic rings. The van der Waals surface area contributed by atoms with Crippen LogP contribution in [0.5, 0.6) is 0 Å². The summed E-state index contributed by atoms with van der Waals surface area (Å²) in [5.74, 6) is 2.02. The molecule has 184 valence electrons. The number of ether oxygens (including phenoxy) is 1. The Bertz CT molecular complexity index is 1420. The molecule has 0 saturated carbocycles. The van der Waals surface area contributed by atoms with Crippen LogP contribution in [-0.4, -0.2) is 50.8 Å². The molecule has 0 amide bonds. The van der Waals surface area contributed by atoms with Crippen molar-refractivity contribution in [3.63, 3.8) is 0 Å². The maximum Gasteiger partial charge on any atom is 0.179 e. The highest BCUT2D eigenvalue weighted by Gasteiger charge is 2.24. The van der Waals surface area contributed by atoms with Crippen LogP contribution < -0.4 is 16.4 Å². The average molecular weight is 483 g/mol. The number of anilines is 1. The van der Waals surface area contributed by atoms with E-state index in [2.05, 4.69) is 21.4 Å². The smallest absolute Gasteiger partial charge is 0.179 e. The van der Waals surface area contributed by atoms with Gasteiger partial charge >= 0.3 is 0 Å². The van der Waals surface area contributed by atoms with Crippen molar-refractivity contribution in [2.75, 3.05) is 31.2 Å². The van der Waals surface area contributed by atoms with E-state index < -0.39 is 0 Å². The van der Waals surface area contributed by atoms with Crippen LogP contribution in [0.25, 0.3) is 33.8 Å². The van der Waals surface area contributed by atoms with Crippen LogP contribution in [0, 0.1) is 0 Å². The minimum absolute atomic E-state index is 0.435. The first-order valence-electron chi connectivity index (χ1n) is 12.1. The van der Waals surface area contributed by atoms with Gasteiger partial charge in [0, 0.05) is 48.9 Å². The maximum absolute atomic E-state index is 6.64. The Morgan fingerprint density at radius 3 is 2.39 bits per heavy atom. The zero-order chi connectivity index (χ0) is 25.1. The number of aryl methyl sites for hydroxylation is 1. The van der Waals surface area contributed by atoms with Gasteiger partial charge in [0.15, 0.2) is 22.8 Å². The van der Waals surface area contributed by atoms with Gasteiger partial charge in [-0.05, 0) is 37.6 Å². The molecular weight excluding hydrogens is 452 g/mol. The van der Waals surface area contributed by atoms with Crippen molar-refractivity contribution in [1.82, 2.24) is 24.5 Å². The molecule has 1 aliphatic heterocycles. The molecule has 1 saturated heterocycles. The van der Waals surface area contributed by atoms with E-state index in [1.54, 1.807) is 12.4 Å². The van der Waals surface area contributed by atoms with Gasteiger partial charge in [-0.25, -0.2) is 15.0 Å². The minimum atomic E-state index is 0.435. The molecule has 3 aromatic heterocycles. The summed E-state index contributed by atoms with van der Waals surface area (Å²) in [6.07, 6.45) is 5.38. The van der Waals surface area contributed by atoms with Crippen molar-refractivity contribution in [3.05, 3.63) is 78.0 Å². The predicted octanol–water partition coefficient (Wildman–Crippen LogP) is 3.43. The van der Waals surface area contributed by atoms with E-state index in [9.17, 15) is 0 Å². The molecule has 36 heavy (non-hydrogen) atoms. The van der Waals surface area contributed by atoms with Crippen LogP contribution in [0.1, 0.15) is 25.2 Å². The lowest BCUT2D eigenvalue weighted by Gasteiger charge is -2.28. The predicted molar refractivity (Wildman–Crippen MR) is 143 cm³/mol. The van der Waals surface area contributed by atoms with Gasteiger partial charge in [0.25, 0.3) is 0 Å². The molecule has 0 radical (unpaired) electrons. The molecule has 0 bridgehead atoms. The Hall–Kier alpha value is -4.24. The summed E-state index contributed by atoms with van der Waals surface area (Å²) >= 11 is 0. The molecule has 4 heterocycles. The molecule has 0 spiro atoms. The highest BCUT2D eigenvalue weighted by Crippen LogP contribution is 2.31. The van der Waals surface area contributed by atoms with Crippen LogP contribution in [0.3, 0.4) is 0 Å². The van der Waals surface area contributed by atoms with E-state index in [4.69, 9.17) is 31.2 Å². The summed E-state index contributed by atoms with van der Waals surface area (Å²) in [5.41, 5.74) is 18.2. The minimum Gasteiger partial charge on any atom is -0.402 e. The third-order valence-electron chi connectivity index (χ3n) is 6.21. The Morgan fingerprint density at radius 1 is 1.00 bits per heavy atom. The summed E-state index contributed by atoms with van der Waals surface area (Å²) in [4.78, 5) is 21.2. The molecule has 0 unspecified atom stereocenters. The third kappa shape index (κ3) is 4.52. The zero-order valence-electron chi connectivity index (χ0n) is 20.6. The number of hydrogen-bond donors (Lipinski definition) is 2. The number of fused-ring (bicyclic) bond motifs is 1. The van der Waals surface area contributed by atoms with Gasteiger partial charge in [-0.3, -0.25) is 4.98 Å². The third-order valence-corrected chi connectivity index (χ3v) is 6.21. The number of allylic oxidation sites excluding steroid dienone is 3. The first kappa shape index (κ1) is 23.5. The second-order valence-corrected chi connectivity index (χ2v) is 8.62. The highest BCUT2D eigenvalue weighted by atomic mass is 16.5. The number of rotatable bonds is 6. The van der Waals surface area contributed by atoms with Crippen LogP contribution in [-0.2, 0) is 11.3 Å². The molecule has 1 fully saturated rings. The van der Waals surface area contributed by atoms with Crippen molar-refractivity contribution in [2.45, 2.75) is 20.4 Å². The standard InChI is InChI=1S/C27H30N8O/c1-3-35-25(20-9-11-30-12-10-20)31-23-26(34-13-15-36-16-14-34)32-24(33-27(23)35)22(29)17-21(18(2)28)19-7-5-4-6-8-19/h4-12,17H,3,13-16,28-29H2,1-2H3/b21-18+,22-17-. The number of benzene rings is 1. The lowest BCUT2D eigenvalue weighted by atomic mass is 10.0. The van der Waals surface area contributed by atoms with Gasteiger partial charge < -0.3 is 25.7 Å². The number of imidazole rings is 1. The van der Waals surface area contributed by atoms with E-state index in [1.165, 1.54) is 0 Å². The molecular formula is C27H30N8O. The van der Waals surface area contributed by atoms with Crippen molar-refractivity contribution >= 4 is 28.3 Å². The number of pyridine rings is 1. The lowest BCUT2D eigenvalue weighted by Crippen LogP contribution is -2.37. The first-order chi connectivity index (χ1) is 17.6. The average Bonchev–Trinajstić information content (AvgIpc) is 3.31. The molecule has 4 aromatic rings. The lowest BCUT2D eigenvalue weighted by molar-refractivity contribution is 0.122. The molecule has 0 atom stereocenters. The quantitative estimate of drug-likeness (QED) is 0.401. The second kappa shape index (κ2) is 10.2. The van der Waals surface area contributed by atoms with E-state index in [1.807, 2.05) is 55.5 Å². The van der Waals surface area contributed by atoms with E-state index in [0.717, 1.165) is 52.6 Å². The summed E-state index contributed by atoms with van der Waals surface area (Å²) in [7, 11) is 0. The Labute approximate surface area is 210 Å². The van der Waals surface area contributed by atoms with E-state index >= 15 is 0 Å². The van der Waals surface area contributed by atoms with Crippen molar-refractivity contribution in [3.8, 4) is 11.4 Å². The molecule has 9 heteroatoms. The summed E-state index contributed by atoms with van der Waals surface area (Å²) < 4.78 is 7.68. The molecule has 5 rings (SSSR count). The van der Waals surface area contributed by atoms with Gasteiger partial charge in [-0.2, -0.15) is 0 Å². The fourth-order valence-corrected chi connectivity index (χ4v) is 4.39. The summed E-state index contributed by atoms with van der Waals surface area (Å²) in [6.45, 7) is 7.33. The fraction of sp³-hybridized carbons (Fsp3) is 0.259. The number of aromatic nitrogens is 5. The van der Waals surface area contributed by atoms with Gasteiger partial charge in [-0.15, -0.1) is 0 Å². The number of nitrogens with two attached hydrogens (primary N) is 2. The normalized spacial score (nSPS) is 15.3. The van der Waals surface area contributed by atoms with Crippen molar-refractivity contribution in [1.29, 1.82) is 0 Å². The van der Waals surface area contributed by atoms with Crippen molar-refractivity contribution < 1.29 is 4.74 Å². The Balaban J connectivity index is 1.70. The van der Waals surface area contributed by atoms with Gasteiger partial charge in [-0.1, -0.05) is 30.3 Å². The van der Waals surface area contributed by atoms with Crippen LogP contribution in [0.2, 0.25) is 0 Å². The van der Waals surface area contributed by atoms with Gasteiger partial charge in [0.05, 0.1) is 18.9 Å². The Morgan fingerprint density at radius 2 is 1.72 bits per heavy atom. The summed E-state index contributed by atoms with van der Waals surface area (Å²) in [5, 5.41) is 0. The SMILES string of the molecule is CCn1c(-c2ccncc2)nc2c(N3CCOCC3)nc(/C(N)=C/C(=C(/C)N)c3ccccc3)nc21. The fourth-order valence-electron chi connectivity index (χ4n) is 4.39. The van der Waals surface area contributed by atoms with E-state index in [0.29, 0.717) is 37.0 Å². The van der Waals surface area contributed by atoms with Crippen LogP contribution >= 0.6 is 0 Å². The van der Waals surface area contributed by atoms with E-state index in [-0.39, 0.29) is 0 Å². The Kier molecular flexibility index (Phi) is 6.64. The van der Waals surface area contributed by atoms with Gasteiger partial charge in [0.2, 0.25) is 0 Å². The largest absolute Gasteiger partial charge is 0.402 e. The molecule has 0 aliphatic carbocycles. The molecule has 9 nitrogen and oxygen atoms in total. The number of hydrogen-bond acceptors (Lipinski definition) is 8. The van der Waals surface area contributed by atoms with Crippen LogP contribution in [0.4, 0.5) is 5.82 Å². The second-order valence-electron chi connectivity index (χ2n) is 8.62. The van der Waals surface area contributed by atoms with Crippen LogP contribution in [0.15, 0.2) is 66.6 Å². The number of nitrogens with zero attached hydrogens (tertiary/aromatic N) is 6. The molecule has 1 aromatic carbocycles. The number of morpholine rings is 1. The van der Waals surface area contributed by atoms with Gasteiger partial charge in [0.1, 0.15) is 5.82 Å². The molecule has 4 N–H and O–H groups in total. The first-order valence-corrected chi connectivity index (χ1v) is 12.1. The maximum atomic E-state index is 6.64. The summed E-state index contributed by atoms with van der Waals surface area (Å²) in [6, 6.07) is 13.8.